The lowest BCUT2D eigenvalue weighted by atomic mass is 10.2. The van der Waals surface area contributed by atoms with E-state index in [1.54, 1.807) is 29.2 Å². The number of nitrogens with zero attached hydrogens (tertiary/aromatic N) is 3. The maximum Gasteiger partial charge on any atom is 0.258 e. The number of thiazole rings is 1. The Morgan fingerprint density at radius 1 is 1.10 bits per heavy atom. The molecule has 0 radical (unpaired) electrons. The van der Waals surface area contributed by atoms with Gasteiger partial charge >= 0.3 is 0 Å². The molecule has 0 saturated heterocycles. The van der Waals surface area contributed by atoms with Gasteiger partial charge in [-0.2, -0.15) is 0 Å². The standard InChI is InChI=1S/C22H20N4O2S/c1-14(2)26(13-19-23-16-8-4-3-7-15(16)22(28)25-19)21(27)12-11-20-24-17-9-5-6-10-18(17)29-20/h3-12,14H,13H2,1-2H3,(H,23,25,28). The number of carbonyl (C=O) groups is 1. The number of nitrogens with one attached hydrogen (secondary N) is 1. The molecule has 0 unspecified atom stereocenters. The highest BCUT2D eigenvalue weighted by Crippen LogP contribution is 2.22. The summed E-state index contributed by atoms with van der Waals surface area (Å²) in [5, 5.41) is 1.31. The molecule has 0 aliphatic rings. The number of hydrogen-bond donors (Lipinski definition) is 1. The lowest BCUT2D eigenvalue weighted by molar-refractivity contribution is -0.128. The number of fused-ring (bicyclic) bond motifs is 2. The first-order valence-electron chi connectivity index (χ1n) is 9.33. The topological polar surface area (TPSA) is 79.0 Å². The highest BCUT2D eigenvalue weighted by atomic mass is 32.1. The molecular weight excluding hydrogens is 384 g/mol. The highest BCUT2D eigenvalue weighted by Gasteiger charge is 2.17. The van der Waals surface area contributed by atoms with Gasteiger partial charge in [0, 0.05) is 12.1 Å². The normalized spacial score (nSPS) is 11.7. The van der Waals surface area contributed by atoms with E-state index in [9.17, 15) is 9.59 Å². The van der Waals surface area contributed by atoms with Crippen LogP contribution in [0.5, 0.6) is 0 Å². The van der Waals surface area contributed by atoms with Crippen molar-refractivity contribution < 1.29 is 4.79 Å². The molecule has 1 N–H and O–H groups in total. The highest BCUT2D eigenvalue weighted by molar-refractivity contribution is 7.19. The molecule has 0 fully saturated rings. The van der Waals surface area contributed by atoms with Gasteiger partial charge in [0.15, 0.2) is 0 Å². The smallest absolute Gasteiger partial charge is 0.258 e. The third-order valence-corrected chi connectivity index (χ3v) is 5.57. The van der Waals surface area contributed by atoms with E-state index in [-0.39, 0.29) is 24.1 Å². The molecule has 6 nitrogen and oxygen atoms in total. The summed E-state index contributed by atoms with van der Waals surface area (Å²) >= 11 is 1.54. The number of para-hydroxylation sites is 2. The molecule has 2 heterocycles. The van der Waals surface area contributed by atoms with Crippen LogP contribution in [0.25, 0.3) is 27.2 Å². The van der Waals surface area contributed by atoms with Crippen LogP contribution in [0.3, 0.4) is 0 Å². The number of aromatic nitrogens is 3. The Kier molecular flexibility index (Phi) is 5.22. The fraction of sp³-hybridized carbons (Fsp3) is 0.182. The van der Waals surface area contributed by atoms with Crippen molar-refractivity contribution in [3.8, 4) is 0 Å². The van der Waals surface area contributed by atoms with Crippen LogP contribution in [0.4, 0.5) is 0 Å². The van der Waals surface area contributed by atoms with Crippen LogP contribution in [0, 0.1) is 0 Å². The number of carbonyl (C=O) groups excluding carboxylic acids is 1. The van der Waals surface area contributed by atoms with Crippen LogP contribution in [0.2, 0.25) is 0 Å². The molecule has 7 heteroatoms. The Balaban J connectivity index is 1.57. The van der Waals surface area contributed by atoms with Crippen molar-refractivity contribution in [3.63, 3.8) is 0 Å². The molecule has 4 aromatic rings. The molecular formula is C22H20N4O2S. The summed E-state index contributed by atoms with van der Waals surface area (Å²) in [5.74, 6) is 0.305. The van der Waals surface area contributed by atoms with E-state index in [1.807, 2.05) is 44.2 Å². The van der Waals surface area contributed by atoms with Gasteiger partial charge in [0.25, 0.3) is 5.56 Å². The molecule has 0 bridgehead atoms. The largest absolute Gasteiger partial charge is 0.329 e. The Bertz CT molecular complexity index is 1240. The number of amides is 1. The van der Waals surface area contributed by atoms with E-state index in [2.05, 4.69) is 15.0 Å². The van der Waals surface area contributed by atoms with Crippen molar-refractivity contribution >= 4 is 44.4 Å². The molecule has 2 aromatic carbocycles. The Hall–Kier alpha value is -3.32. The van der Waals surface area contributed by atoms with Crippen LogP contribution < -0.4 is 5.56 Å². The van der Waals surface area contributed by atoms with E-state index < -0.39 is 0 Å². The van der Waals surface area contributed by atoms with E-state index in [1.165, 1.54) is 17.4 Å². The first kappa shape index (κ1) is 19.0. The van der Waals surface area contributed by atoms with Gasteiger partial charge in [-0.15, -0.1) is 11.3 Å². The second kappa shape index (κ2) is 7.97. The van der Waals surface area contributed by atoms with Crippen molar-refractivity contribution in [1.29, 1.82) is 0 Å². The number of aromatic amines is 1. The van der Waals surface area contributed by atoms with Crippen molar-refractivity contribution in [2.24, 2.45) is 0 Å². The molecule has 0 spiro atoms. The van der Waals surface area contributed by atoms with Gasteiger partial charge in [0.2, 0.25) is 5.91 Å². The first-order valence-corrected chi connectivity index (χ1v) is 10.1. The van der Waals surface area contributed by atoms with Gasteiger partial charge in [-0.1, -0.05) is 24.3 Å². The minimum absolute atomic E-state index is 0.0562. The molecule has 2 aromatic heterocycles. The fourth-order valence-electron chi connectivity index (χ4n) is 3.09. The maximum atomic E-state index is 12.8. The zero-order valence-electron chi connectivity index (χ0n) is 16.1. The van der Waals surface area contributed by atoms with Gasteiger partial charge in [-0.3, -0.25) is 9.59 Å². The summed E-state index contributed by atoms with van der Waals surface area (Å²) in [6.07, 6.45) is 3.26. The average Bonchev–Trinajstić information content (AvgIpc) is 3.13. The predicted octanol–water partition coefficient (Wildman–Crippen LogP) is 3.98. The summed E-state index contributed by atoms with van der Waals surface area (Å²) in [6.45, 7) is 4.09. The van der Waals surface area contributed by atoms with Gasteiger partial charge in [0.05, 0.1) is 27.7 Å². The van der Waals surface area contributed by atoms with Gasteiger partial charge in [-0.05, 0) is 44.2 Å². The van der Waals surface area contributed by atoms with Crippen molar-refractivity contribution in [2.75, 3.05) is 0 Å². The van der Waals surface area contributed by atoms with Crippen LogP contribution >= 0.6 is 11.3 Å². The van der Waals surface area contributed by atoms with E-state index in [4.69, 9.17) is 0 Å². The molecule has 29 heavy (non-hydrogen) atoms. The van der Waals surface area contributed by atoms with Gasteiger partial charge < -0.3 is 9.88 Å². The molecule has 0 atom stereocenters. The number of hydrogen-bond acceptors (Lipinski definition) is 5. The van der Waals surface area contributed by atoms with Crippen LogP contribution in [-0.4, -0.2) is 31.8 Å². The Morgan fingerprint density at radius 2 is 1.83 bits per heavy atom. The minimum Gasteiger partial charge on any atom is -0.329 e. The van der Waals surface area contributed by atoms with Crippen molar-refractivity contribution in [1.82, 2.24) is 19.9 Å². The molecule has 4 rings (SSSR count). The average molecular weight is 404 g/mol. The Labute approximate surface area is 171 Å². The van der Waals surface area contributed by atoms with E-state index in [0.717, 1.165) is 15.2 Å². The zero-order valence-corrected chi connectivity index (χ0v) is 16.9. The van der Waals surface area contributed by atoms with Crippen molar-refractivity contribution in [3.05, 3.63) is 75.8 Å². The summed E-state index contributed by atoms with van der Waals surface area (Å²) in [4.78, 5) is 38.6. The molecule has 0 aliphatic carbocycles. The zero-order chi connectivity index (χ0) is 20.4. The lowest BCUT2D eigenvalue weighted by Gasteiger charge is -2.25. The summed E-state index contributed by atoms with van der Waals surface area (Å²) in [6, 6.07) is 15.0. The maximum absolute atomic E-state index is 12.8. The molecule has 1 amide bonds. The molecule has 0 aliphatic heterocycles. The monoisotopic (exact) mass is 404 g/mol. The summed E-state index contributed by atoms with van der Waals surface area (Å²) < 4.78 is 1.08. The van der Waals surface area contributed by atoms with Crippen molar-refractivity contribution in [2.45, 2.75) is 26.4 Å². The van der Waals surface area contributed by atoms with Crippen LogP contribution in [-0.2, 0) is 11.3 Å². The molecule has 0 saturated carbocycles. The minimum atomic E-state index is -0.202. The third-order valence-electron chi connectivity index (χ3n) is 4.57. The van der Waals surface area contributed by atoms with E-state index in [0.29, 0.717) is 16.7 Å². The summed E-state index contributed by atoms with van der Waals surface area (Å²) in [5.41, 5.74) is 1.34. The quantitative estimate of drug-likeness (QED) is 0.510. The second-order valence-corrected chi connectivity index (χ2v) is 8.01. The molecule has 146 valence electrons. The SMILES string of the molecule is CC(C)N(Cc1nc2ccccc2c(=O)[nH]1)C(=O)C=Cc1nc2ccccc2s1. The van der Waals surface area contributed by atoms with Crippen LogP contribution in [0.1, 0.15) is 24.7 Å². The first-order chi connectivity index (χ1) is 14.0. The number of H-pyrrole nitrogens is 1. The van der Waals surface area contributed by atoms with Crippen LogP contribution in [0.15, 0.2) is 59.4 Å². The fourth-order valence-corrected chi connectivity index (χ4v) is 3.96. The van der Waals surface area contributed by atoms with Gasteiger partial charge in [0.1, 0.15) is 10.8 Å². The third kappa shape index (κ3) is 4.09. The van der Waals surface area contributed by atoms with E-state index >= 15 is 0 Å². The lowest BCUT2D eigenvalue weighted by Crippen LogP contribution is -2.36. The predicted molar refractivity (Wildman–Crippen MR) is 117 cm³/mol. The van der Waals surface area contributed by atoms with Gasteiger partial charge in [-0.25, -0.2) is 9.97 Å². The second-order valence-electron chi connectivity index (χ2n) is 6.94. The number of rotatable bonds is 5. The number of benzene rings is 2. The summed E-state index contributed by atoms with van der Waals surface area (Å²) in [7, 11) is 0. The Morgan fingerprint density at radius 3 is 2.59 bits per heavy atom.